The highest BCUT2D eigenvalue weighted by Gasteiger charge is 2.13. The van der Waals surface area contributed by atoms with Gasteiger partial charge in [-0.3, -0.25) is 0 Å². The molecule has 3 heteroatoms. The highest BCUT2D eigenvalue weighted by Crippen LogP contribution is 2.22. The van der Waals surface area contributed by atoms with Crippen LogP contribution in [0.1, 0.15) is 30.9 Å². The van der Waals surface area contributed by atoms with Crippen molar-refractivity contribution >= 4 is 11.3 Å². The number of rotatable bonds is 6. The number of thiophene rings is 1. The Labute approximate surface area is 118 Å². The molecule has 2 aromatic rings. The fraction of sp³-hybridized carbons (Fsp3) is 0.375. The van der Waals surface area contributed by atoms with E-state index in [1.807, 2.05) is 12.1 Å². The molecule has 1 heterocycles. The highest BCUT2D eigenvalue weighted by molar-refractivity contribution is 7.07. The van der Waals surface area contributed by atoms with Crippen LogP contribution in [-0.4, -0.2) is 12.6 Å². The number of hydrogen-bond donors (Lipinski definition) is 1. The number of halogens is 1. The molecule has 0 aliphatic carbocycles. The molecule has 0 saturated carbocycles. The highest BCUT2D eigenvalue weighted by atomic mass is 32.1. The van der Waals surface area contributed by atoms with Crippen molar-refractivity contribution < 1.29 is 4.39 Å². The average Bonchev–Trinajstić information content (AvgIpc) is 2.88. The molecule has 1 aromatic heterocycles. The molecule has 0 radical (unpaired) electrons. The molecule has 1 aromatic carbocycles. The topological polar surface area (TPSA) is 12.0 Å². The molecule has 102 valence electrons. The Kier molecular flexibility index (Phi) is 5.11. The summed E-state index contributed by atoms with van der Waals surface area (Å²) < 4.78 is 13.0. The van der Waals surface area contributed by atoms with Crippen LogP contribution in [0.5, 0.6) is 0 Å². The lowest BCUT2D eigenvalue weighted by atomic mass is 9.92. The second-order valence-corrected chi connectivity index (χ2v) is 5.93. The van der Waals surface area contributed by atoms with Crippen molar-refractivity contribution in [3.8, 4) is 0 Å². The number of benzene rings is 1. The summed E-state index contributed by atoms with van der Waals surface area (Å²) in [6, 6.07) is 9.51. The van der Waals surface area contributed by atoms with Crippen molar-refractivity contribution in [2.24, 2.45) is 0 Å². The maximum absolute atomic E-state index is 13.0. The van der Waals surface area contributed by atoms with E-state index < -0.39 is 0 Å². The zero-order valence-corrected chi connectivity index (χ0v) is 12.2. The van der Waals surface area contributed by atoms with Gasteiger partial charge in [-0.2, -0.15) is 11.3 Å². The lowest BCUT2D eigenvalue weighted by molar-refractivity contribution is 0.526. The van der Waals surface area contributed by atoms with Gasteiger partial charge < -0.3 is 5.32 Å². The van der Waals surface area contributed by atoms with E-state index in [1.165, 1.54) is 11.1 Å². The van der Waals surface area contributed by atoms with Crippen molar-refractivity contribution in [1.82, 2.24) is 5.32 Å². The fourth-order valence-electron chi connectivity index (χ4n) is 2.11. The third-order valence-electron chi connectivity index (χ3n) is 3.18. The van der Waals surface area contributed by atoms with Gasteiger partial charge in [0.1, 0.15) is 5.82 Å². The van der Waals surface area contributed by atoms with E-state index in [0.29, 0.717) is 12.0 Å². The maximum atomic E-state index is 13.0. The van der Waals surface area contributed by atoms with Gasteiger partial charge in [-0.25, -0.2) is 4.39 Å². The van der Waals surface area contributed by atoms with Crippen molar-refractivity contribution in [2.75, 3.05) is 6.54 Å². The molecular formula is C16H20FNS. The first-order chi connectivity index (χ1) is 9.15. The molecule has 0 amide bonds. The molecule has 0 aliphatic heterocycles. The zero-order chi connectivity index (χ0) is 13.7. The van der Waals surface area contributed by atoms with E-state index in [2.05, 4.69) is 36.0 Å². The molecule has 1 atom stereocenters. The minimum Gasteiger partial charge on any atom is -0.314 e. The van der Waals surface area contributed by atoms with Crippen molar-refractivity contribution in [3.05, 3.63) is 58.0 Å². The summed E-state index contributed by atoms with van der Waals surface area (Å²) in [6.45, 7) is 5.21. The van der Waals surface area contributed by atoms with Gasteiger partial charge in [-0.05, 0) is 46.5 Å². The van der Waals surface area contributed by atoms with E-state index in [9.17, 15) is 4.39 Å². The predicted octanol–water partition coefficient (Wildman–Crippen LogP) is 4.21. The van der Waals surface area contributed by atoms with Crippen LogP contribution in [-0.2, 0) is 6.42 Å². The van der Waals surface area contributed by atoms with E-state index in [1.54, 1.807) is 23.5 Å². The van der Waals surface area contributed by atoms with E-state index >= 15 is 0 Å². The van der Waals surface area contributed by atoms with Crippen LogP contribution < -0.4 is 5.32 Å². The Bertz CT molecular complexity index is 476. The smallest absolute Gasteiger partial charge is 0.123 e. The Morgan fingerprint density at radius 3 is 2.47 bits per heavy atom. The van der Waals surface area contributed by atoms with Crippen LogP contribution >= 0.6 is 11.3 Å². The van der Waals surface area contributed by atoms with Gasteiger partial charge in [0.05, 0.1) is 0 Å². The molecule has 19 heavy (non-hydrogen) atoms. The second-order valence-electron chi connectivity index (χ2n) is 5.15. The number of nitrogens with one attached hydrogen (secondary N) is 1. The van der Waals surface area contributed by atoms with E-state index in [4.69, 9.17) is 0 Å². The summed E-state index contributed by atoms with van der Waals surface area (Å²) in [4.78, 5) is 0. The molecule has 1 N–H and O–H groups in total. The lowest BCUT2D eigenvalue weighted by Gasteiger charge is -2.19. The van der Waals surface area contributed by atoms with Crippen molar-refractivity contribution in [1.29, 1.82) is 0 Å². The summed E-state index contributed by atoms with van der Waals surface area (Å²) in [5.41, 5.74) is 2.55. The molecule has 0 spiro atoms. The first-order valence-electron chi connectivity index (χ1n) is 6.65. The molecule has 0 fully saturated rings. The first-order valence-corrected chi connectivity index (χ1v) is 7.59. The summed E-state index contributed by atoms with van der Waals surface area (Å²) in [6.07, 6.45) is 0.995. The number of hydrogen-bond acceptors (Lipinski definition) is 2. The molecule has 1 nitrogen and oxygen atoms in total. The Balaban J connectivity index is 2.11. The molecule has 2 rings (SSSR count). The second kappa shape index (κ2) is 6.83. The molecule has 0 saturated heterocycles. The van der Waals surface area contributed by atoms with Crippen LogP contribution in [0.15, 0.2) is 41.1 Å². The van der Waals surface area contributed by atoms with Gasteiger partial charge in [0.25, 0.3) is 0 Å². The fourth-order valence-corrected chi connectivity index (χ4v) is 2.80. The monoisotopic (exact) mass is 277 g/mol. The Hall–Kier alpha value is -1.19. The first kappa shape index (κ1) is 14.2. The molecule has 0 aliphatic rings. The summed E-state index contributed by atoms with van der Waals surface area (Å²) in [7, 11) is 0. The summed E-state index contributed by atoms with van der Waals surface area (Å²) >= 11 is 1.72. The molecule has 0 bridgehead atoms. The summed E-state index contributed by atoms with van der Waals surface area (Å²) in [5.74, 6) is 0.215. The van der Waals surface area contributed by atoms with Gasteiger partial charge in [0.2, 0.25) is 0 Å². The van der Waals surface area contributed by atoms with Gasteiger partial charge in [-0.15, -0.1) is 0 Å². The normalized spacial score (nSPS) is 12.8. The minimum atomic E-state index is -0.171. The van der Waals surface area contributed by atoms with Crippen LogP contribution in [0.4, 0.5) is 4.39 Å². The average molecular weight is 277 g/mol. The summed E-state index contributed by atoms with van der Waals surface area (Å²) in [5, 5.41) is 7.77. The minimum absolute atomic E-state index is 0.171. The standard InChI is InChI=1S/C16H20FNS/c1-12(2)18-10-15(9-13-7-8-19-11-13)14-3-5-16(17)6-4-14/h3-8,11-12,15,18H,9-10H2,1-2H3. The van der Waals surface area contributed by atoms with E-state index in [-0.39, 0.29) is 5.82 Å². The van der Waals surface area contributed by atoms with Gasteiger partial charge in [-0.1, -0.05) is 26.0 Å². The lowest BCUT2D eigenvalue weighted by Crippen LogP contribution is -2.28. The molecule has 1 unspecified atom stereocenters. The predicted molar refractivity (Wildman–Crippen MR) is 80.3 cm³/mol. The van der Waals surface area contributed by atoms with Gasteiger partial charge >= 0.3 is 0 Å². The third-order valence-corrected chi connectivity index (χ3v) is 3.91. The Morgan fingerprint density at radius 2 is 1.89 bits per heavy atom. The third kappa shape index (κ3) is 4.44. The van der Waals surface area contributed by atoms with Crippen molar-refractivity contribution in [2.45, 2.75) is 32.2 Å². The van der Waals surface area contributed by atoms with Crippen LogP contribution in [0.3, 0.4) is 0 Å². The van der Waals surface area contributed by atoms with Gasteiger partial charge in [0, 0.05) is 18.5 Å². The molecular weight excluding hydrogens is 257 g/mol. The van der Waals surface area contributed by atoms with Crippen LogP contribution in [0, 0.1) is 5.82 Å². The van der Waals surface area contributed by atoms with E-state index in [0.717, 1.165) is 13.0 Å². The van der Waals surface area contributed by atoms with Crippen LogP contribution in [0.25, 0.3) is 0 Å². The van der Waals surface area contributed by atoms with Gasteiger partial charge in [0.15, 0.2) is 0 Å². The Morgan fingerprint density at radius 1 is 1.16 bits per heavy atom. The zero-order valence-electron chi connectivity index (χ0n) is 11.4. The quantitative estimate of drug-likeness (QED) is 0.834. The largest absolute Gasteiger partial charge is 0.314 e. The van der Waals surface area contributed by atoms with Crippen molar-refractivity contribution in [3.63, 3.8) is 0 Å². The maximum Gasteiger partial charge on any atom is 0.123 e. The van der Waals surface area contributed by atoms with Crippen LogP contribution in [0.2, 0.25) is 0 Å². The SMILES string of the molecule is CC(C)NCC(Cc1ccsc1)c1ccc(F)cc1.